The fourth-order valence-corrected chi connectivity index (χ4v) is 2.03. The highest BCUT2D eigenvalue weighted by Gasteiger charge is 2.17. The summed E-state index contributed by atoms with van der Waals surface area (Å²) in [5.74, 6) is -0.590. The van der Waals surface area contributed by atoms with Crippen molar-refractivity contribution in [1.29, 1.82) is 0 Å². The Morgan fingerprint density at radius 1 is 1.47 bits per heavy atom. The minimum Gasteiger partial charge on any atom is -0.336 e. The molecule has 0 atom stereocenters. The Kier molecular flexibility index (Phi) is 4.06. The Balaban J connectivity index is 2.19. The molecule has 1 aromatic carbocycles. The van der Waals surface area contributed by atoms with Crippen LogP contribution >= 0.6 is 0 Å². The van der Waals surface area contributed by atoms with Crippen molar-refractivity contribution in [3.05, 3.63) is 45.8 Å². The third-order valence-corrected chi connectivity index (χ3v) is 3.02. The summed E-state index contributed by atoms with van der Waals surface area (Å²) in [5, 5.41) is 10.5. The summed E-state index contributed by atoms with van der Waals surface area (Å²) in [6.07, 6.45) is 3.14. The van der Waals surface area contributed by atoms with Gasteiger partial charge in [-0.3, -0.25) is 10.1 Å². The maximum absolute atomic E-state index is 13.8. The molecule has 19 heavy (non-hydrogen) atoms. The lowest BCUT2D eigenvalue weighted by molar-refractivity contribution is -0.385. The standard InChI is InChI=1S/C12H11BFN2O3/c14-12-7-10(16(18)19)1-2-11(12)9-3-5-15(6-4-9)13-8-17/h1-3,7-8H,4-6H2. The van der Waals surface area contributed by atoms with E-state index in [4.69, 9.17) is 0 Å². The molecule has 0 amide bonds. The van der Waals surface area contributed by atoms with Crippen LogP contribution in [0.15, 0.2) is 24.3 Å². The van der Waals surface area contributed by atoms with Crippen molar-refractivity contribution in [2.24, 2.45) is 0 Å². The third kappa shape index (κ3) is 3.06. The van der Waals surface area contributed by atoms with E-state index in [-0.39, 0.29) is 5.69 Å². The molecule has 0 fully saturated rings. The number of carbonyl (C=O) groups is 1. The second kappa shape index (κ2) is 5.75. The Morgan fingerprint density at radius 2 is 2.26 bits per heavy atom. The zero-order valence-corrected chi connectivity index (χ0v) is 10.1. The van der Waals surface area contributed by atoms with Gasteiger partial charge < -0.3 is 9.61 Å². The van der Waals surface area contributed by atoms with Gasteiger partial charge in [-0.1, -0.05) is 6.08 Å². The van der Waals surface area contributed by atoms with Gasteiger partial charge in [0.05, 0.1) is 17.2 Å². The average molecular weight is 261 g/mol. The predicted octanol–water partition coefficient (Wildman–Crippen LogP) is 1.63. The Bertz CT molecular complexity index is 548. The average Bonchev–Trinajstić information content (AvgIpc) is 2.40. The van der Waals surface area contributed by atoms with Crippen LogP contribution in [0.2, 0.25) is 0 Å². The van der Waals surface area contributed by atoms with E-state index < -0.39 is 10.7 Å². The number of carbonyl (C=O) groups excluding carboxylic acids is 1. The highest BCUT2D eigenvalue weighted by atomic mass is 19.1. The van der Waals surface area contributed by atoms with Crippen LogP contribution in [0.25, 0.3) is 5.57 Å². The smallest absolute Gasteiger partial charge is 0.293 e. The quantitative estimate of drug-likeness (QED) is 0.357. The van der Waals surface area contributed by atoms with E-state index in [0.717, 1.165) is 11.6 Å². The maximum Gasteiger partial charge on any atom is 0.293 e. The molecule has 0 N–H and O–H groups in total. The molecule has 5 nitrogen and oxygen atoms in total. The van der Waals surface area contributed by atoms with Crippen LogP contribution in [0.3, 0.4) is 0 Å². The van der Waals surface area contributed by atoms with Crippen molar-refractivity contribution < 1.29 is 14.1 Å². The lowest BCUT2D eigenvalue weighted by atomic mass is 9.89. The molecule has 1 radical (unpaired) electrons. The molecule has 7 heteroatoms. The number of non-ortho nitro benzene ring substituents is 1. The molecule has 1 aliphatic rings. The topological polar surface area (TPSA) is 63.5 Å². The van der Waals surface area contributed by atoms with Crippen molar-refractivity contribution in [1.82, 2.24) is 4.81 Å². The first-order valence-electron chi connectivity index (χ1n) is 5.78. The van der Waals surface area contributed by atoms with Gasteiger partial charge in [0, 0.05) is 18.2 Å². The fourth-order valence-electron chi connectivity index (χ4n) is 2.03. The molecule has 97 valence electrons. The minimum atomic E-state index is -0.622. The molecule has 1 heterocycles. The van der Waals surface area contributed by atoms with E-state index in [1.165, 1.54) is 19.5 Å². The molecule has 0 spiro atoms. The number of hydrogen-bond acceptors (Lipinski definition) is 4. The van der Waals surface area contributed by atoms with Crippen LogP contribution in [0.5, 0.6) is 0 Å². The van der Waals surface area contributed by atoms with Crippen LogP contribution < -0.4 is 0 Å². The summed E-state index contributed by atoms with van der Waals surface area (Å²) in [6.45, 7) is 1.16. The number of nitro groups is 1. The first kappa shape index (κ1) is 13.4. The lowest BCUT2D eigenvalue weighted by Crippen LogP contribution is -2.32. The van der Waals surface area contributed by atoms with Crippen LogP contribution in [0.1, 0.15) is 12.0 Å². The Labute approximate surface area is 110 Å². The van der Waals surface area contributed by atoms with Gasteiger partial charge in [0.1, 0.15) is 5.82 Å². The van der Waals surface area contributed by atoms with Crippen molar-refractivity contribution in [2.45, 2.75) is 6.42 Å². The molecule has 1 aliphatic heterocycles. The predicted molar refractivity (Wildman–Crippen MR) is 69.7 cm³/mol. The van der Waals surface area contributed by atoms with Gasteiger partial charge in [-0.15, -0.1) is 0 Å². The Hall–Kier alpha value is -2.02. The first-order valence-corrected chi connectivity index (χ1v) is 5.78. The molecule has 0 bridgehead atoms. The number of halogens is 1. The number of rotatable bonds is 4. The van der Waals surface area contributed by atoms with Gasteiger partial charge in [-0.2, -0.15) is 0 Å². The van der Waals surface area contributed by atoms with E-state index in [1.54, 1.807) is 0 Å². The van der Waals surface area contributed by atoms with Crippen molar-refractivity contribution in [2.75, 3.05) is 13.1 Å². The molecule has 0 aromatic heterocycles. The summed E-state index contributed by atoms with van der Waals surface area (Å²) in [5.41, 5.74) is 0.938. The third-order valence-electron chi connectivity index (χ3n) is 3.02. The fraction of sp³-hybridized carbons (Fsp3) is 0.250. The molecule has 2 rings (SSSR count). The molecule has 1 aromatic rings. The molecule has 0 saturated carbocycles. The summed E-state index contributed by atoms with van der Waals surface area (Å²) in [4.78, 5) is 22.1. The number of benzene rings is 1. The minimum absolute atomic E-state index is 0.256. The van der Waals surface area contributed by atoms with E-state index in [9.17, 15) is 19.3 Å². The number of nitro benzene ring substituents is 1. The van der Waals surface area contributed by atoms with Crippen molar-refractivity contribution in [3.63, 3.8) is 0 Å². The van der Waals surface area contributed by atoms with E-state index in [0.29, 0.717) is 31.3 Å². The molecule has 0 saturated heterocycles. The van der Waals surface area contributed by atoms with Crippen LogP contribution in [-0.2, 0) is 4.79 Å². The number of hydrogen-bond donors (Lipinski definition) is 0. The molecule has 0 unspecified atom stereocenters. The Morgan fingerprint density at radius 3 is 2.79 bits per heavy atom. The molecular formula is C12H11BFN2O3. The van der Waals surface area contributed by atoms with Crippen LogP contribution in [0, 0.1) is 15.9 Å². The summed E-state index contributed by atoms with van der Waals surface area (Å²) < 4.78 is 13.8. The monoisotopic (exact) mass is 261 g/mol. The summed E-state index contributed by atoms with van der Waals surface area (Å²) in [7, 11) is 1.44. The van der Waals surface area contributed by atoms with Crippen molar-refractivity contribution in [3.8, 4) is 0 Å². The van der Waals surface area contributed by atoms with E-state index >= 15 is 0 Å². The molecule has 0 aliphatic carbocycles. The summed E-state index contributed by atoms with van der Waals surface area (Å²) >= 11 is 0. The highest BCUT2D eigenvalue weighted by Crippen LogP contribution is 2.26. The van der Waals surface area contributed by atoms with Gasteiger partial charge in [-0.25, -0.2) is 4.39 Å². The molecular weight excluding hydrogens is 250 g/mol. The van der Waals surface area contributed by atoms with Crippen LogP contribution in [-0.4, -0.2) is 36.4 Å². The SMILES string of the molecule is O=C[B]N1CC=C(c2ccc([N+](=O)[O-])cc2F)CC1. The first-order chi connectivity index (χ1) is 9.11. The zero-order valence-electron chi connectivity index (χ0n) is 10.1. The second-order valence-electron chi connectivity index (χ2n) is 4.18. The van der Waals surface area contributed by atoms with Crippen LogP contribution in [0.4, 0.5) is 10.1 Å². The van der Waals surface area contributed by atoms with Gasteiger partial charge in [0.2, 0.25) is 0 Å². The van der Waals surface area contributed by atoms with E-state index in [2.05, 4.69) is 0 Å². The number of nitrogens with zero attached hydrogens (tertiary/aromatic N) is 2. The van der Waals surface area contributed by atoms with Gasteiger partial charge in [-0.05, 0) is 24.6 Å². The zero-order chi connectivity index (χ0) is 13.8. The van der Waals surface area contributed by atoms with Gasteiger partial charge in [0.25, 0.3) is 13.1 Å². The van der Waals surface area contributed by atoms with E-state index in [1.807, 2.05) is 10.9 Å². The van der Waals surface area contributed by atoms with Crippen molar-refractivity contribution >= 4 is 24.9 Å². The summed E-state index contributed by atoms with van der Waals surface area (Å²) in [6, 6.07) is 3.65. The highest BCUT2D eigenvalue weighted by molar-refractivity contribution is 6.64. The maximum atomic E-state index is 13.8. The normalized spacial score (nSPS) is 15.7. The second-order valence-corrected chi connectivity index (χ2v) is 4.18. The lowest BCUT2D eigenvalue weighted by Gasteiger charge is -2.24. The van der Waals surface area contributed by atoms with Gasteiger partial charge in [0.15, 0.2) is 0 Å². The largest absolute Gasteiger partial charge is 0.336 e. The van der Waals surface area contributed by atoms with Gasteiger partial charge >= 0.3 is 0 Å².